The third-order valence-electron chi connectivity index (χ3n) is 6.10. The summed E-state index contributed by atoms with van der Waals surface area (Å²) in [6.45, 7) is 2.59. The molecule has 176 valence electrons. The molecule has 3 N–H and O–H groups in total. The van der Waals surface area contributed by atoms with Crippen molar-refractivity contribution in [2.75, 3.05) is 11.9 Å². The Balaban J connectivity index is 1.40. The molecule has 3 heterocycles. The molecule has 5 rings (SSSR count). The highest BCUT2D eigenvalue weighted by atomic mass is 19.3. The Kier molecular flexibility index (Phi) is 5.12. The predicted molar refractivity (Wildman–Crippen MR) is 120 cm³/mol. The van der Waals surface area contributed by atoms with Gasteiger partial charge in [0.15, 0.2) is 11.5 Å². The number of pyridine rings is 2. The van der Waals surface area contributed by atoms with Crippen LogP contribution in [0.2, 0.25) is 0 Å². The first-order valence-corrected chi connectivity index (χ1v) is 10.8. The number of nitrogens with two attached hydrogens (primary N) is 1. The Morgan fingerprint density at radius 3 is 2.65 bits per heavy atom. The molecule has 0 atom stereocenters. The van der Waals surface area contributed by atoms with E-state index in [1.54, 1.807) is 24.4 Å². The number of aryl methyl sites for hydroxylation is 1. The van der Waals surface area contributed by atoms with Crippen LogP contribution in [-0.2, 0) is 16.8 Å². The average Bonchev–Trinajstić information content (AvgIpc) is 3.54. The summed E-state index contributed by atoms with van der Waals surface area (Å²) in [7, 11) is 0. The van der Waals surface area contributed by atoms with Crippen LogP contribution in [0.15, 0.2) is 53.5 Å². The third kappa shape index (κ3) is 3.90. The summed E-state index contributed by atoms with van der Waals surface area (Å²) in [5, 5.41) is 2.86. The molecule has 0 unspecified atom stereocenters. The first kappa shape index (κ1) is 22.0. The van der Waals surface area contributed by atoms with E-state index in [0.29, 0.717) is 43.0 Å². The molecule has 2 aromatic heterocycles. The summed E-state index contributed by atoms with van der Waals surface area (Å²) in [6.07, 6.45) is -0.884. The van der Waals surface area contributed by atoms with Gasteiger partial charge in [-0.1, -0.05) is 12.1 Å². The van der Waals surface area contributed by atoms with Crippen molar-refractivity contribution < 1.29 is 23.0 Å². The van der Waals surface area contributed by atoms with Crippen LogP contribution in [0.3, 0.4) is 0 Å². The minimum Gasteiger partial charge on any atom is -0.395 e. The summed E-state index contributed by atoms with van der Waals surface area (Å²) in [6, 6.07) is 11.1. The molecule has 1 aromatic carbocycles. The second-order valence-electron chi connectivity index (χ2n) is 8.47. The van der Waals surface area contributed by atoms with E-state index in [-0.39, 0.29) is 23.0 Å². The summed E-state index contributed by atoms with van der Waals surface area (Å²) < 4.78 is 37.2. The largest absolute Gasteiger partial charge is 0.586 e. The van der Waals surface area contributed by atoms with E-state index in [0.717, 1.165) is 11.1 Å². The van der Waals surface area contributed by atoms with E-state index in [2.05, 4.69) is 19.8 Å². The number of hydrogen-bond donors (Lipinski definition) is 2. The summed E-state index contributed by atoms with van der Waals surface area (Å²) in [5.41, 5.74) is 7.37. The van der Waals surface area contributed by atoms with Gasteiger partial charge >= 0.3 is 6.29 Å². The number of benzene rings is 1. The number of nitrogens with one attached hydrogen (secondary N) is 1. The monoisotopic (exact) mass is 468 g/mol. The fourth-order valence-corrected chi connectivity index (χ4v) is 4.13. The van der Waals surface area contributed by atoms with Crippen molar-refractivity contribution in [1.29, 1.82) is 0 Å². The molecule has 10 heteroatoms. The third-order valence-corrected chi connectivity index (χ3v) is 6.10. The van der Waals surface area contributed by atoms with Crippen molar-refractivity contribution in [3.63, 3.8) is 0 Å². The lowest BCUT2D eigenvalue weighted by Crippen LogP contribution is -2.28. The molecule has 0 radical (unpaired) electrons. The Hall–Kier alpha value is -3.79. The van der Waals surface area contributed by atoms with Gasteiger partial charge in [0.05, 0.1) is 11.1 Å². The summed E-state index contributed by atoms with van der Waals surface area (Å²) in [5.74, 6) is -0.0926. The lowest BCUT2D eigenvalue weighted by atomic mass is 9.94. The van der Waals surface area contributed by atoms with E-state index >= 15 is 0 Å². The van der Waals surface area contributed by atoms with Crippen LogP contribution in [-0.4, -0.2) is 28.3 Å². The fraction of sp³-hybridized carbons (Fsp3) is 0.292. The van der Waals surface area contributed by atoms with Gasteiger partial charge in [-0.25, -0.2) is 4.98 Å². The van der Waals surface area contributed by atoms with Gasteiger partial charge in [-0.3, -0.25) is 9.59 Å². The first-order valence-electron chi connectivity index (χ1n) is 10.8. The zero-order valence-electron chi connectivity index (χ0n) is 18.3. The van der Waals surface area contributed by atoms with Gasteiger partial charge in [0.25, 0.3) is 5.56 Å². The zero-order valence-corrected chi connectivity index (χ0v) is 18.3. The minimum absolute atomic E-state index is 0.0641. The van der Waals surface area contributed by atoms with E-state index in [9.17, 15) is 18.4 Å². The number of alkyl halides is 2. The number of hydrogen-bond acceptors (Lipinski definition) is 6. The zero-order chi connectivity index (χ0) is 24.1. The van der Waals surface area contributed by atoms with Crippen LogP contribution in [0, 0.1) is 6.92 Å². The maximum atomic E-state index is 13.4. The van der Waals surface area contributed by atoms with Crippen molar-refractivity contribution >= 4 is 11.7 Å². The van der Waals surface area contributed by atoms with Crippen LogP contribution in [0.5, 0.6) is 11.5 Å². The highest BCUT2D eigenvalue weighted by Crippen LogP contribution is 2.52. The number of ether oxygens (including phenoxy) is 2. The van der Waals surface area contributed by atoms with Crippen LogP contribution in [0.25, 0.3) is 11.3 Å². The van der Waals surface area contributed by atoms with E-state index in [4.69, 9.17) is 5.73 Å². The summed E-state index contributed by atoms with van der Waals surface area (Å²) in [4.78, 5) is 29.8. The molecule has 1 aliphatic heterocycles. The Labute approximate surface area is 193 Å². The number of nitrogens with zero attached hydrogens (tertiary/aromatic N) is 2. The van der Waals surface area contributed by atoms with Crippen molar-refractivity contribution in [2.24, 2.45) is 5.73 Å². The van der Waals surface area contributed by atoms with Crippen molar-refractivity contribution in [1.82, 2.24) is 9.55 Å². The molecule has 1 saturated carbocycles. The Morgan fingerprint density at radius 2 is 1.91 bits per heavy atom. The van der Waals surface area contributed by atoms with Crippen molar-refractivity contribution in [2.45, 2.75) is 38.0 Å². The van der Waals surface area contributed by atoms with E-state index in [1.807, 2.05) is 13.0 Å². The molecule has 0 spiro atoms. The maximum absolute atomic E-state index is 13.4. The number of halogens is 2. The molecule has 3 aromatic rings. The lowest BCUT2D eigenvalue weighted by molar-refractivity contribution is -0.286. The predicted octanol–water partition coefficient (Wildman–Crippen LogP) is 3.17. The normalized spacial score (nSPS) is 16.8. The van der Waals surface area contributed by atoms with Gasteiger partial charge < -0.3 is 25.1 Å². The number of carbonyl (C=O) groups is 1. The molecule has 0 saturated heterocycles. The number of anilines is 1. The second-order valence-corrected chi connectivity index (χ2v) is 8.47. The quantitative estimate of drug-likeness (QED) is 0.575. The fourth-order valence-electron chi connectivity index (χ4n) is 4.13. The molecule has 2 aliphatic rings. The molecule has 1 fully saturated rings. The lowest BCUT2D eigenvalue weighted by Gasteiger charge is -2.17. The number of carbonyl (C=O) groups excluding carboxylic acids is 1. The highest BCUT2D eigenvalue weighted by molar-refractivity contribution is 6.01. The number of aromatic nitrogens is 2. The SMILES string of the molecule is Cc1ccc(NC(=O)C2(c3ccc4c(c3)OC(F)(F)O4)CC2)nc1-c1ccc(=O)n(CCN)c1. The number of rotatable bonds is 6. The van der Waals surface area contributed by atoms with Gasteiger partial charge in [0.1, 0.15) is 5.82 Å². The van der Waals surface area contributed by atoms with Crippen molar-refractivity contribution in [3.05, 3.63) is 70.1 Å². The van der Waals surface area contributed by atoms with Gasteiger partial charge in [0, 0.05) is 30.9 Å². The topological polar surface area (TPSA) is 108 Å². The smallest absolute Gasteiger partial charge is 0.395 e. The molecule has 1 amide bonds. The van der Waals surface area contributed by atoms with Gasteiger partial charge in [-0.05, 0) is 55.2 Å². The molecule has 1 aliphatic carbocycles. The Bertz CT molecular complexity index is 1350. The maximum Gasteiger partial charge on any atom is 0.586 e. The van der Waals surface area contributed by atoms with Crippen LogP contribution >= 0.6 is 0 Å². The standard InChI is InChI=1S/C24H22F2N4O4/c1-14-2-6-19(28-21(14)15-3-7-20(31)30(13-15)11-10-27)29-22(32)23(8-9-23)16-4-5-17-18(12-16)34-24(25,26)33-17/h2-7,12-13H,8-11,27H2,1H3,(H,28,29,32). The van der Waals surface area contributed by atoms with Gasteiger partial charge in [0.2, 0.25) is 5.91 Å². The van der Waals surface area contributed by atoms with Gasteiger partial charge in [-0.15, -0.1) is 8.78 Å². The van der Waals surface area contributed by atoms with Gasteiger partial charge in [-0.2, -0.15) is 0 Å². The van der Waals surface area contributed by atoms with E-state index in [1.165, 1.54) is 22.8 Å². The number of fused-ring (bicyclic) bond motifs is 1. The van der Waals surface area contributed by atoms with Crippen LogP contribution in [0.4, 0.5) is 14.6 Å². The first-order chi connectivity index (χ1) is 16.2. The molecule has 0 bridgehead atoms. The van der Waals surface area contributed by atoms with Crippen LogP contribution in [0.1, 0.15) is 24.0 Å². The van der Waals surface area contributed by atoms with E-state index < -0.39 is 11.7 Å². The molecular formula is C24H22F2N4O4. The van der Waals surface area contributed by atoms with Crippen molar-refractivity contribution in [3.8, 4) is 22.8 Å². The molecule has 8 nitrogen and oxygen atoms in total. The highest BCUT2D eigenvalue weighted by Gasteiger charge is 2.53. The second kappa shape index (κ2) is 7.91. The Morgan fingerprint density at radius 1 is 1.15 bits per heavy atom. The molecule has 34 heavy (non-hydrogen) atoms. The van der Waals surface area contributed by atoms with Crippen LogP contribution < -0.4 is 26.1 Å². The average molecular weight is 468 g/mol. The minimum atomic E-state index is -3.71. The summed E-state index contributed by atoms with van der Waals surface area (Å²) >= 11 is 0. The molecular weight excluding hydrogens is 446 g/mol. The number of amides is 1.